The van der Waals surface area contributed by atoms with E-state index in [0.717, 1.165) is 12.8 Å². The lowest BCUT2D eigenvalue weighted by atomic mass is 9.97. The first-order chi connectivity index (χ1) is 8.26. The molecule has 0 atom stereocenters. The van der Waals surface area contributed by atoms with Crippen molar-refractivity contribution in [3.63, 3.8) is 0 Å². The third kappa shape index (κ3) is 3.53. The molecule has 100 valence electrons. The van der Waals surface area contributed by atoms with Gasteiger partial charge in [-0.15, -0.1) is 0 Å². The summed E-state index contributed by atoms with van der Waals surface area (Å²) in [6.07, 6.45) is 1.98. The summed E-state index contributed by atoms with van der Waals surface area (Å²) < 4.78 is 0. The number of primary amides is 1. The molecule has 1 amide bonds. The molecule has 0 bridgehead atoms. The Kier molecular flexibility index (Phi) is 4.46. The molecule has 0 saturated carbocycles. The molecular formula is C13H20ClN3O. The minimum atomic E-state index is -0.543. The maximum absolute atomic E-state index is 11.4. The lowest BCUT2D eigenvalue weighted by Crippen LogP contribution is -2.32. The Morgan fingerprint density at radius 3 is 2.56 bits per heavy atom. The van der Waals surface area contributed by atoms with Crippen molar-refractivity contribution in [1.29, 1.82) is 0 Å². The second kappa shape index (κ2) is 5.48. The quantitative estimate of drug-likeness (QED) is 0.719. The van der Waals surface area contributed by atoms with Crippen molar-refractivity contribution in [2.24, 2.45) is 5.73 Å². The van der Waals surface area contributed by atoms with Gasteiger partial charge in [-0.1, -0.05) is 24.9 Å². The molecule has 0 aliphatic rings. The summed E-state index contributed by atoms with van der Waals surface area (Å²) in [5.74, 6) is -0.543. The smallest absolute Gasteiger partial charge is 0.250 e. The van der Waals surface area contributed by atoms with E-state index in [-0.39, 0.29) is 5.54 Å². The van der Waals surface area contributed by atoms with Crippen molar-refractivity contribution in [1.82, 2.24) is 0 Å². The summed E-state index contributed by atoms with van der Waals surface area (Å²) in [6.45, 7) is 6.20. The van der Waals surface area contributed by atoms with Gasteiger partial charge in [0.2, 0.25) is 0 Å². The van der Waals surface area contributed by atoms with E-state index in [9.17, 15) is 4.79 Å². The van der Waals surface area contributed by atoms with Crippen LogP contribution >= 0.6 is 11.6 Å². The molecule has 0 saturated heterocycles. The molecule has 0 fully saturated rings. The van der Waals surface area contributed by atoms with E-state index in [2.05, 4.69) is 12.2 Å². The van der Waals surface area contributed by atoms with Crippen LogP contribution in [-0.2, 0) is 0 Å². The Bertz CT molecular complexity index is 458. The van der Waals surface area contributed by atoms with Crippen LogP contribution in [0.1, 0.15) is 44.0 Å². The van der Waals surface area contributed by atoms with Crippen LogP contribution in [0, 0.1) is 0 Å². The summed E-state index contributed by atoms with van der Waals surface area (Å²) in [6, 6.07) is 3.15. The Morgan fingerprint density at radius 2 is 2.06 bits per heavy atom. The Hall–Kier alpha value is -1.42. The Morgan fingerprint density at radius 1 is 1.44 bits per heavy atom. The molecule has 4 nitrogen and oxygen atoms in total. The molecular weight excluding hydrogens is 250 g/mol. The zero-order valence-electron chi connectivity index (χ0n) is 11.0. The van der Waals surface area contributed by atoms with Gasteiger partial charge >= 0.3 is 0 Å². The largest absolute Gasteiger partial charge is 0.399 e. The fraction of sp³-hybridized carbons (Fsp3) is 0.462. The number of halogens is 1. The third-order valence-corrected chi connectivity index (χ3v) is 3.01. The molecule has 5 N–H and O–H groups in total. The molecule has 1 aromatic rings. The van der Waals surface area contributed by atoms with Crippen LogP contribution in [0.5, 0.6) is 0 Å². The molecule has 1 aromatic carbocycles. The second-order valence-corrected chi connectivity index (χ2v) is 5.46. The lowest BCUT2D eigenvalue weighted by Gasteiger charge is -2.28. The number of nitrogens with two attached hydrogens (primary N) is 2. The summed E-state index contributed by atoms with van der Waals surface area (Å²) in [7, 11) is 0. The van der Waals surface area contributed by atoms with Crippen molar-refractivity contribution in [2.75, 3.05) is 11.1 Å². The number of nitrogens with one attached hydrogen (secondary N) is 1. The zero-order valence-corrected chi connectivity index (χ0v) is 11.8. The molecule has 0 aliphatic heterocycles. The first-order valence-electron chi connectivity index (χ1n) is 5.94. The van der Waals surface area contributed by atoms with E-state index in [1.807, 2.05) is 13.8 Å². The molecule has 0 radical (unpaired) electrons. The highest BCUT2D eigenvalue weighted by Gasteiger charge is 2.21. The molecule has 0 spiro atoms. The van der Waals surface area contributed by atoms with Gasteiger partial charge in [0, 0.05) is 11.2 Å². The van der Waals surface area contributed by atoms with Crippen molar-refractivity contribution >= 4 is 28.9 Å². The number of amides is 1. The first-order valence-corrected chi connectivity index (χ1v) is 6.31. The third-order valence-electron chi connectivity index (χ3n) is 2.72. The number of nitrogen functional groups attached to an aromatic ring is 1. The van der Waals surface area contributed by atoms with E-state index >= 15 is 0 Å². The number of carbonyl (C=O) groups excluding carboxylic acids is 1. The molecule has 0 unspecified atom stereocenters. The number of benzene rings is 1. The molecule has 5 heteroatoms. The highest BCUT2D eigenvalue weighted by molar-refractivity contribution is 6.34. The number of hydrogen-bond acceptors (Lipinski definition) is 3. The fourth-order valence-corrected chi connectivity index (χ4v) is 2.25. The minimum Gasteiger partial charge on any atom is -0.399 e. The molecule has 0 aliphatic carbocycles. The van der Waals surface area contributed by atoms with Crippen molar-refractivity contribution in [3.05, 3.63) is 22.7 Å². The van der Waals surface area contributed by atoms with E-state index in [1.54, 1.807) is 12.1 Å². The van der Waals surface area contributed by atoms with E-state index in [0.29, 0.717) is 22.0 Å². The number of anilines is 2. The highest BCUT2D eigenvalue weighted by atomic mass is 35.5. The van der Waals surface area contributed by atoms with Gasteiger partial charge in [0.15, 0.2) is 0 Å². The van der Waals surface area contributed by atoms with Gasteiger partial charge in [-0.05, 0) is 32.4 Å². The van der Waals surface area contributed by atoms with Gasteiger partial charge in [0.1, 0.15) is 0 Å². The average Bonchev–Trinajstić information content (AvgIpc) is 2.21. The maximum Gasteiger partial charge on any atom is 0.250 e. The second-order valence-electron chi connectivity index (χ2n) is 5.05. The monoisotopic (exact) mass is 269 g/mol. The Balaban J connectivity index is 3.19. The van der Waals surface area contributed by atoms with E-state index < -0.39 is 5.91 Å². The van der Waals surface area contributed by atoms with Crippen LogP contribution in [0.15, 0.2) is 12.1 Å². The van der Waals surface area contributed by atoms with Crippen LogP contribution in [0.4, 0.5) is 11.4 Å². The summed E-state index contributed by atoms with van der Waals surface area (Å²) in [4.78, 5) is 11.4. The van der Waals surface area contributed by atoms with Crippen LogP contribution < -0.4 is 16.8 Å². The normalized spacial score (nSPS) is 11.3. The number of rotatable bonds is 5. The van der Waals surface area contributed by atoms with Gasteiger partial charge in [0.05, 0.1) is 16.3 Å². The molecule has 1 rings (SSSR count). The van der Waals surface area contributed by atoms with Gasteiger partial charge in [-0.2, -0.15) is 0 Å². The van der Waals surface area contributed by atoms with Crippen molar-refractivity contribution in [2.45, 2.75) is 39.2 Å². The van der Waals surface area contributed by atoms with Crippen molar-refractivity contribution in [3.8, 4) is 0 Å². The topological polar surface area (TPSA) is 81.1 Å². The number of hydrogen-bond donors (Lipinski definition) is 3. The standard InChI is InChI=1S/C13H20ClN3O/c1-4-5-13(2,3)17-11-9(12(16)18)6-8(15)7-10(11)14/h6-7,17H,4-5,15H2,1-3H3,(H2,16,18). The maximum atomic E-state index is 11.4. The first kappa shape index (κ1) is 14.6. The average molecular weight is 270 g/mol. The van der Waals surface area contributed by atoms with Gasteiger partial charge in [-0.3, -0.25) is 4.79 Å². The van der Waals surface area contributed by atoms with Crippen molar-refractivity contribution < 1.29 is 4.79 Å². The predicted molar refractivity (Wildman–Crippen MR) is 77.0 cm³/mol. The van der Waals surface area contributed by atoms with E-state index in [1.165, 1.54) is 0 Å². The molecule has 0 aromatic heterocycles. The van der Waals surface area contributed by atoms with Gasteiger partial charge < -0.3 is 16.8 Å². The fourth-order valence-electron chi connectivity index (χ4n) is 1.97. The lowest BCUT2D eigenvalue weighted by molar-refractivity contribution is 0.100. The molecule has 18 heavy (non-hydrogen) atoms. The van der Waals surface area contributed by atoms with Gasteiger partial charge in [-0.25, -0.2) is 0 Å². The Labute approximate surface area is 113 Å². The molecule has 0 heterocycles. The number of carbonyl (C=O) groups is 1. The zero-order chi connectivity index (χ0) is 13.9. The van der Waals surface area contributed by atoms with Crippen LogP contribution in [0.2, 0.25) is 5.02 Å². The highest BCUT2D eigenvalue weighted by Crippen LogP contribution is 2.32. The van der Waals surface area contributed by atoms with Crippen LogP contribution in [0.3, 0.4) is 0 Å². The summed E-state index contributed by atoms with van der Waals surface area (Å²) in [5, 5.41) is 3.69. The van der Waals surface area contributed by atoms with Gasteiger partial charge in [0.25, 0.3) is 5.91 Å². The van der Waals surface area contributed by atoms with Crippen LogP contribution in [0.25, 0.3) is 0 Å². The predicted octanol–water partition coefficient (Wildman–Crippen LogP) is 3.01. The van der Waals surface area contributed by atoms with Crippen LogP contribution in [-0.4, -0.2) is 11.4 Å². The van der Waals surface area contributed by atoms with E-state index in [4.69, 9.17) is 23.1 Å². The SMILES string of the molecule is CCCC(C)(C)Nc1c(Cl)cc(N)cc1C(N)=O. The summed E-state index contributed by atoms with van der Waals surface area (Å²) >= 11 is 6.13. The minimum absolute atomic E-state index is 0.168. The summed E-state index contributed by atoms with van der Waals surface area (Å²) in [5.41, 5.74) is 12.2.